The van der Waals surface area contributed by atoms with Crippen LogP contribution in [0.3, 0.4) is 0 Å². The first-order chi connectivity index (χ1) is 6.02. The van der Waals surface area contributed by atoms with E-state index in [1.54, 1.807) is 0 Å². The minimum absolute atomic E-state index is 0. The van der Waals surface area contributed by atoms with E-state index in [0.29, 0.717) is 0 Å². The van der Waals surface area contributed by atoms with Crippen LogP contribution in [0.5, 0.6) is 5.75 Å². The minimum Gasteiger partial charge on any atom is -0.545 e. The SMILES string of the molecule is CC(=O)c1cc(C(=O)[O-])ccc1O.[K+]. The van der Waals surface area contributed by atoms with Gasteiger partial charge in [0.15, 0.2) is 5.78 Å². The molecule has 0 aliphatic carbocycles. The van der Waals surface area contributed by atoms with Gasteiger partial charge < -0.3 is 15.0 Å². The number of benzene rings is 1. The zero-order valence-electron chi connectivity index (χ0n) is 7.90. The van der Waals surface area contributed by atoms with Crippen LogP contribution in [0, 0.1) is 0 Å². The molecule has 1 aromatic rings. The van der Waals surface area contributed by atoms with Gasteiger partial charge in [-0.25, -0.2) is 0 Å². The Balaban J connectivity index is 0.00000169. The van der Waals surface area contributed by atoms with Crippen molar-refractivity contribution in [3.8, 4) is 5.75 Å². The predicted molar refractivity (Wildman–Crippen MR) is 42.4 cm³/mol. The zero-order chi connectivity index (χ0) is 10.0. The molecule has 1 aromatic carbocycles. The van der Waals surface area contributed by atoms with Gasteiger partial charge >= 0.3 is 51.4 Å². The van der Waals surface area contributed by atoms with E-state index in [-0.39, 0.29) is 74.0 Å². The van der Waals surface area contributed by atoms with Gasteiger partial charge in [-0.3, -0.25) is 4.79 Å². The third kappa shape index (κ3) is 3.18. The summed E-state index contributed by atoms with van der Waals surface area (Å²) in [6.07, 6.45) is 0. The number of Topliss-reactive ketones (excluding diaryl/α,β-unsaturated/α-hetero) is 1. The molecule has 5 heteroatoms. The van der Waals surface area contributed by atoms with Gasteiger partial charge in [-0.05, 0) is 30.7 Å². The Kier molecular flexibility index (Phi) is 5.54. The summed E-state index contributed by atoms with van der Waals surface area (Å²) in [4.78, 5) is 21.3. The first-order valence-electron chi connectivity index (χ1n) is 3.57. The molecule has 1 rings (SSSR count). The first-order valence-corrected chi connectivity index (χ1v) is 3.57. The van der Waals surface area contributed by atoms with Crippen LogP contribution in [0.4, 0.5) is 0 Å². The van der Waals surface area contributed by atoms with E-state index in [4.69, 9.17) is 5.11 Å². The van der Waals surface area contributed by atoms with Crippen LogP contribution < -0.4 is 56.5 Å². The molecule has 0 aliphatic heterocycles. The fraction of sp³-hybridized carbons (Fsp3) is 0.111. The van der Waals surface area contributed by atoms with Crippen LogP contribution >= 0.6 is 0 Å². The molecule has 0 aliphatic rings. The van der Waals surface area contributed by atoms with Crippen LogP contribution in [0.15, 0.2) is 18.2 Å². The standard InChI is InChI=1S/C9H8O4.K/c1-5(10)7-4-6(9(12)13)2-3-8(7)11;/h2-4,11H,1H3,(H,12,13);/q;+1/p-1. The largest absolute Gasteiger partial charge is 1.00 e. The van der Waals surface area contributed by atoms with Gasteiger partial charge in [-0.1, -0.05) is 0 Å². The van der Waals surface area contributed by atoms with Crippen LogP contribution in [0.1, 0.15) is 27.6 Å². The van der Waals surface area contributed by atoms with Crippen LogP contribution in [-0.4, -0.2) is 16.9 Å². The van der Waals surface area contributed by atoms with Gasteiger partial charge in [0.05, 0.1) is 11.5 Å². The van der Waals surface area contributed by atoms with Gasteiger partial charge in [0.1, 0.15) is 5.75 Å². The number of carbonyl (C=O) groups is 2. The number of phenolic OH excluding ortho intramolecular Hbond substituents is 1. The summed E-state index contributed by atoms with van der Waals surface area (Å²) >= 11 is 0. The van der Waals surface area contributed by atoms with Gasteiger partial charge in [-0.2, -0.15) is 0 Å². The maximum atomic E-state index is 10.9. The van der Waals surface area contributed by atoms with Crippen molar-refractivity contribution < 1.29 is 71.2 Å². The molecule has 0 unspecified atom stereocenters. The molecule has 14 heavy (non-hydrogen) atoms. The molecular weight excluding hydrogens is 211 g/mol. The summed E-state index contributed by atoms with van der Waals surface area (Å²) in [5.41, 5.74) is -0.135. The van der Waals surface area contributed by atoms with Gasteiger partial charge in [0.2, 0.25) is 0 Å². The normalized spacial score (nSPS) is 8.93. The second kappa shape index (κ2) is 5.62. The molecule has 0 saturated heterocycles. The third-order valence-electron chi connectivity index (χ3n) is 1.61. The van der Waals surface area contributed by atoms with Gasteiger partial charge in [0.25, 0.3) is 0 Å². The average Bonchev–Trinajstić information content (AvgIpc) is 2.04. The molecule has 0 radical (unpaired) electrons. The Morgan fingerprint density at radius 3 is 2.36 bits per heavy atom. The molecule has 1 N–H and O–H groups in total. The number of aromatic hydroxyl groups is 1. The Bertz CT molecular complexity index is 373. The second-order valence-corrected chi connectivity index (χ2v) is 2.58. The molecular formula is C9H7KO4. The summed E-state index contributed by atoms with van der Waals surface area (Å²) in [5, 5.41) is 19.5. The summed E-state index contributed by atoms with van der Waals surface area (Å²) < 4.78 is 0. The number of rotatable bonds is 2. The quantitative estimate of drug-likeness (QED) is 0.423. The van der Waals surface area contributed by atoms with Crippen molar-refractivity contribution in [2.45, 2.75) is 6.92 Å². The van der Waals surface area contributed by atoms with E-state index in [2.05, 4.69) is 0 Å². The molecule has 4 nitrogen and oxygen atoms in total. The fourth-order valence-corrected chi connectivity index (χ4v) is 0.945. The molecule has 0 aromatic heterocycles. The molecule has 0 fully saturated rings. The third-order valence-corrected chi connectivity index (χ3v) is 1.61. The van der Waals surface area contributed by atoms with Crippen LogP contribution in [0.25, 0.3) is 0 Å². The smallest absolute Gasteiger partial charge is 0.545 e. The molecule has 0 atom stereocenters. The summed E-state index contributed by atoms with van der Waals surface area (Å²) in [5.74, 6) is -1.99. The van der Waals surface area contributed by atoms with Crippen molar-refractivity contribution in [2.24, 2.45) is 0 Å². The average molecular weight is 218 g/mol. The topological polar surface area (TPSA) is 77.4 Å². The van der Waals surface area contributed by atoms with Crippen LogP contribution in [-0.2, 0) is 0 Å². The van der Waals surface area contributed by atoms with Crippen molar-refractivity contribution in [3.05, 3.63) is 29.3 Å². The summed E-state index contributed by atoms with van der Waals surface area (Å²) in [7, 11) is 0. The molecule has 0 bridgehead atoms. The minimum atomic E-state index is -1.37. The Hall–Kier alpha value is -0.204. The molecule has 0 amide bonds. The monoisotopic (exact) mass is 218 g/mol. The Morgan fingerprint density at radius 2 is 1.93 bits per heavy atom. The van der Waals surface area contributed by atoms with E-state index >= 15 is 0 Å². The maximum Gasteiger partial charge on any atom is 1.00 e. The predicted octanol–water partition coefficient (Wildman–Crippen LogP) is -3.04. The van der Waals surface area contributed by atoms with E-state index in [1.807, 2.05) is 0 Å². The van der Waals surface area contributed by atoms with Gasteiger partial charge in [0, 0.05) is 0 Å². The number of hydrogen-bond donors (Lipinski definition) is 1. The van der Waals surface area contributed by atoms with Crippen molar-refractivity contribution in [1.82, 2.24) is 0 Å². The number of carboxylic acids is 1. The number of ketones is 1. The second-order valence-electron chi connectivity index (χ2n) is 2.58. The number of carboxylic acid groups (broad SMARTS) is 1. The van der Waals surface area contributed by atoms with Crippen LogP contribution in [0.2, 0.25) is 0 Å². The van der Waals surface area contributed by atoms with Crippen molar-refractivity contribution in [3.63, 3.8) is 0 Å². The number of hydrogen-bond acceptors (Lipinski definition) is 4. The molecule has 0 spiro atoms. The molecule has 0 heterocycles. The fourth-order valence-electron chi connectivity index (χ4n) is 0.945. The first kappa shape index (κ1) is 13.8. The molecule has 0 saturated carbocycles. The summed E-state index contributed by atoms with van der Waals surface area (Å²) in [6.45, 7) is 1.24. The zero-order valence-corrected chi connectivity index (χ0v) is 11.0. The number of carbonyl (C=O) groups excluding carboxylic acids is 2. The number of aromatic carboxylic acids is 1. The van der Waals surface area contributed by atoms with E-state index < -0.39 is 5.97 Å². The Labute approximate surface area is 123 Å². The number of phenols is 1. The van der Waals surface area contributed by atoms with E-state index in [0.717, 1.165) is 12.1 Å². The summed E-state index contributed by atoms with van der Waals surface area (Å²) in [6, 6.07) is 3.42. The van der Waals surface area contributed by atoms with Crippen molar-refractivity contribution in [2.75, 3.05) is 0 Å². The van der Waals surface area contributed by atoms with E-state index in [1.165, 1.54) is 13.0 Å². The van der Waals surface area contributed by atoms with Crippen molar-refractivity contribution >= 4 is 11.8 Å². The molecule has 68 valence electrons. The van der Waals surface area contributed by atoms with E-state index in [9.17, 15) is 14.7 Å². The van der Waals surface area contributed by atoms with Gasteiger partial charge in [-0.15, -0.1) is 0 Å². The van der Waals surface area contributed by atoms with Crippen molar-refractivity contribution in [1.29, 1.82) is 0 Å². The maximum absolute atomic E-state index is 10.9. The Morgan fingerprint density at radius 1 is 1.36 bits per heavy atom.